The van der Waals surface area contributed by atoms with Gasteiger partial charge < -0.3 is 11.1 Å². The molecule has 0 amide bonds. The molecule has 0 bridgehead atoms. The SMILES string of the molecule is NC(=Nc1ccc(F)c(Cl)c1)c1nonc1CNCc1ccccc1Cl. The Bertz CT molecular complexity index is 944. The number of nitrogens with two attached hydrogens (primary N) is 1. The van der Waals surface area contributed by atoms with Crippen LogP contribution in [0.2, 0.25) is 10.0 Å². The minimum Gasteiger partial charge on any atom is -0.382 e. The monoisotopic (exact) mass is 393 g/mol. The largest absolute Gasteiger partial charge is 0.382 e. The molecule has 0 saturated heterocycles. The first kappa shape index (κ1) is 18.3. The molecule has 26 heavy (non-hydrogen) atoms. The van der Waals surface area contributed by atoms with Crippen LogP contribution in [0.4, 0.5) is 10.1 Å². The van der Waals surface area contributed by atoms with Gasteiger partial charge in [0.25, 0.3) is 0 Å². The lowest BCUT2D eigenvalue weighted by molar-refractivity contribution is 0.301. The number of aromatic nitrogens is 2. The Morgan fingerprint density at radius 2 is 1.92 bits per heavy atom. The molecule has 9 heteroatoms. The number of rotatable bonds is 6. The molecular formula is C17H14Cl2FN5O. The summed E-state index contributed by atoms with van der Waals surface area (Å²) in [5.74, 6) is -0.444. The highest BCUT2D eigenvalue weighted by atomic mass is 35.5. The summed E-state index contributed by atoms with van der Waals surface area (Å²) in [5.41, 5.74) is 8.11. The topological polar surface area (TPSA) is 89.3 Å². The van der Waals surface area contributed by atoms with Gasteiger partial charge in [-0.3, -0.25) is 0 Å². The van der Waals surface area contributed by atoms with Crippen molar-refractivity contribution in [3.63, 3.8) is 0 Å². The summed E-state index contributed by atoms with van der Waals surface area (Å²) in [6.07, 6.45) is 0. The highest BCUT2D eigenvalue weighted by molar-refractivity contribution is 6.31. The first-order valence-electron chi connectivity index (χ1n) is 7.59. The van der Waals surface area contributed by atoms with Gasteiger partial charge in [-0.05, 0) is 35.0 Å². The van der Waals surface area contributed by atoms with E-state index in [-0.39, 0.29) is 10.9 Å². The molecule has 0 saturated carbocycles. The smallest absolute Gasteiger partial charge is 0.174 e. The summed E-state index contributed by atoms with van der Waals surface area (Å²) < 4.78 is 18.0. The molecule has 1 heterocycles. The predicted molar refractivity (Wildman–Crippen MR) is 98.1 cm³/mol. The van der Waals surface area contributed by atoms with Crippen molar-refractivity contribution in [2.45, 2.75) is 13.1 Å². The lowest BCUT2D eigenvalue weighted by atomic mass is 10.2. The molecule has 134 valence electrons. The minimum absolute atomic E-state index is 0.0426. The number of hydrogen-bond acceptors (Lipinski definition) is 5. The molecule has 0 fully saturated rings. The average Bonchev–Trinajstić information content (AvgIpc) is 3.08. The number of nitrogens with one attached hydrogen (secondary N) is 1. The van der Waals surface area contributed by atoms with E-state index in [0.717, 1.165) is 5.56 Å². The Hall–Kier alpha value is -2.48. The van der Waals surface area contributed by atoms with Crippen LogP contribution in [0.1, 0.15) is 17.0 Å². The van der Waals surface area contributed by atoms with E-state index in [2.05, 4.69) is 20.6 Å². The molecule has 0 spiro atoms. The zero-order chi connectivity index (χ0) is 18.5. The predicted octanol–water partition coefficient (Wildman–Crippen LogP) is 3.84. The number of aliphatic imine (C=N–C) groups is 1. The van der Waals surface area contributed by atoms with Crippen molar-refractivity contribution in [2.24, 2.45) is 10.7 Å². The van der Waals surface area contributed by atoms with Gasteiger partial charge in [-0.15, -0.1) is 0 Å². The van der Waals surface area contributed by atoms with E-state index < -0.39 is 5.82 Å². The summed E-state index contributed by atoms with van der Waals surface area (Å²) in [6.45, 7) is 0.890. The van der Waals surface area contributed by atoms with Crippen molar-refractivity contribution >= 4 is 34.7 Å². The van der Waals surface area contributed by atoms with E-state index in [1.165, 1.54) is 18.2 Å². The van der Waals surface area contributed by atoms with Gasteiger partial charge in [0.15, 0.2) is 11.5 Å². The van der Waals surface area contributed by atoms with Crippen molar-refractivity contribution < 1.29 is 9.02 Å². The molecule has 0 unspecified atom stereocenters. The maximum absolute atomic E-state index is 13.2. The molecular weight excluding hydrogens is 380 g/mol. The van der Waals surface area contributed by atoms with Crippen LogP contribution in [0.3, 0.4) is 0 Å². The van der Waals surface area contributed by atoms with Gasteiger partial charge in [-0.25, -0.2) is 14.0 Å². The van der Waals surface area contributed by atoms with Crippen LogP contribution in [0.15, 0.2) is 52.1 Å². The Morgan fingerprint density at radius 1 is 1.12 bits per heavy atom. The average molecular weight is 394 g/mol. The second kappa shape index (κ2) is 8.27. The number of halogens is 3. The van der Waals surface area contributed by atoms with Gasteiger partial charge >= 0.3 is 0 Å². The van der Waals surface area contributed by atoms with E-state index in [4.69, 9.17) is 33.6 Å². The van der Waals surface area contributed by atoms with Crippen LogP contribution in [0.5, 0.6) is 0 Å². The van der Waals surface area contributed by atoms with E-state index in [1.807, 2.05) is 24.3 Å². The lowest BCUT2D eigenvalue weighted by Gasteiger charge is -2.05. The summed E-state index contributed by atoms with van der Waals surface area (Å²) in [4.78, 5) is 4.18. The van der Waals surface area contributed by atoms with Crippen LogP contribution in [-0.2, 0) is 13.1 Å². The fourth-order valence-electron chi connectivity index (χ4n) is 2.22. The first-order valence-corrected chi connectivity index (χ1v) is 8.35. The molecule has 2 aromatic carbocycles. The van der Waals surface area contributed by atoms with Gasteiger partial charge in [0.05, 0.1) is 10.7 Å². The van der Waals surface area contributed by atoms with Crippen LogP contribution in [0, 0.1) is 5.82 Å². The number of benzene rings is 2. The van der Waals surface area contributed by atoms with Crippen LogP contribution in [0.25, 0.3) is 0 Å². The highest BCUT2D eigenvalue weighted by Gasteiger charge is 2.14. The van der Waals surface area contributed by atoms with Crippen molar-refractivity contribution in [2.75, 3.05) is 0 Å². The van der Waals surface area contributed by atoms with Gasteiger partial charge in [-0.1, -0.05) is 46.6 Å². The lowest BCUT2D eigenvalue weighted by Crippen LogP contribution is -2.20. The third-order valence-corrected chi connectivity index (χ3v) is 4.18. The fraction of sp³-hybridized carbons (Fsp3) is 0.118. The minimum atomic E-state index is -0.531. The molecule has 3 rings (SSSR count). The van der Waals surface area contributed by atoms with Gasteiger partial charge in [-0.2, -0.15) is 0 Å². The van der Waals surface area contributed by atoms with Crippen LogP contribution >= 0.6 is 23.2 Å². The van der Waals surface area contributed by atoms with E-state index in [9.17, 15) is 4.39 Å². The standard InChI is InChI=1S/C17H14Cl2FN5O/c18-12-4-2-1-3-10(12)8-22-9-15-16(25-26-24-15)17(21)23-11-5-6-14(20)13(19)7-11/h1-7,22H,8-9H2,(H2,21,23). The van der Waals surface area contributed by atoms with Crippen LogP contribution < -0.4 is 11.1 Å². The normalized spacial score (nSPS) is 11.7. The van der Waals surface area contributed by atoms with Crippen molar-refractivity contribution in [1.82, 2.24) is 15.6 Å². The van der Waals surface area contributed by atoms with E-state index >= 15 is 0 Å². The quantitative estimate of drug-likeness (QED) is 0.490. The molecule has 3 aromatic rings. The third-order valence-electron chi connectivity index (χ3n) is 3.52. The molecule has 3 N–H and O–H groups in total. The second-order valence-electron chi connectivity index (χ2n) is 5.35. The maximum atomic E-state index is 13.2. The Labute approximate surface area is 158 Å². The van der Waals surface area contributed by atoms with Gasteiger partial charge in [0.1, 0.15) is 11.5 Å². The van der Waals surface area contributed by atoms with Crippen molar-refractivity contribution in [3.8, 4) is 0 Å². The molecule has 0 radical (unpaired) electrons. The molecule has 0 aliphatic heterocycles. The summed E-state index contributed by atoms with van der Waals surface area (Å²) in [7, 11) is 0. The molecule has 0 atom stereocenters. The number of hydrogen-bond donors (Lipinski definition) is 2. The molecule has 0 aliphatic carbocycles. The van der Waals surface area contributed by atoms with Crippen LogP contribution in [-0.4, -0.2) is 16.1 Å². The number of amidine groups is 1. The Balaban J connectivity index is 1.70. The summed E-state index contributed by atoms with van der Waals surface area (Å²) in [6, 6.07) is 11.5. The third kappa shape index (κ3) is 4.37. The van der Waals surface area contributed by atoms with Gasteiger partial charge in [0.2, 0.25) is 0 Å². The van der Waals surface area contributed by atoms with Crippen molar-refractivity contribution in [1.29, 1.82) is 0 Å². The maximum Gasteiger partial charge on any atom is 0.174 e. The second-order valence-corrected chi connectivity index (χ2v) is 6.16. The first-order chi connectivity index (χ1) is 12.5. The Kier molecular flexibility index (Phi) is 5.82. The molecule has 1 aromatic heterocycles. The summed E-state index contributed by atoms with van der Waals surface area (Å²) in [5, 5.41) is 11.4. The number of nitrogens with zero attached hydrogens (tertiary/aromatic N) is 3. The van der Waals surface area contributed by atoms with Crippen molar-refractivity contribution in [3.05, 3.63) is 75.3 Å². The zero-order valence-corrected chi connectivity index (χ0v) is 14.9. The van der Waals surface area contributed by atoms with E-state index in [1.54, 1.807) is 0 Å². The fourth-order valence-corrected chi connectivity index (χ4v) is 2.60. The van der Waals surface area contributed by atoms with Gasteiger partial charge in [0, 0.05) is 18.1 Å². The zero-order valence-electron chi connectivity index (χ0n) is 13.4. The summed E-state index contributed by atoms with van der Waals surface area (Å²) >= 11 is 11.9. The molecule has 6 nitrogen and oxygen atoms in total. The molecule has 0 aliphatic rings. The highest BCUT2D eigenvalue weighted by Crippen LogP contribution is 2.22. The van der Waals surface area contributed by atoms with E-state index in [0.29, 0.717) is 35.2 Å². The Morgan fingerprint density at radius 3 is 2.69 bits per heavy atom.